The van der Waals surface area contributed by atoms with Gasteiger partial charge in [-0.25, -0.2) is 4.39 Å². The average Bonchev–Trinajstić information content (AvgIpc) is 2.55. The molecule has 132 valence electrons. The minimum absolute atomic E-state index is 0.161. The molecule has 0 bridgehead atoms. The van der Waals surface area contributed by atoms with E-state index in [4.69, 9.17) is 17.0 Å². The number of hydrogen-bond donors (Lipinski definition) is 2. The lowest BCUT2D eigenvalue weighted by molar-refractivity contribution is 0.0977. The van der Waals surface area contributed by atoms with Crippen molar-refractivity contribution in [2.45, 2.75) is 20.3 Å². The van der Waals surface area contributed by atoms with Crippen molar-refractivity contribution in [3.63, 3.8) is 0 Å². The van der Waals surface area contributed by atoms with Gasteiger partial charge < -0.3 is 10.1 Å². The van der Waals surface area contributed by atoms with E-state index in [-0.39, 0.29) is 5.11 Å². The summed E-state index contributed by atoms with van der Waals surface area (Å²) < 4.78 is 18.6. The molecule has 2 aromatic carbocycles. The fourth-order valence-corrected chi connectivity index (χ4v) is 2.23. The van der Waals surface area contributed by atoms with Crippen molar-refractivity contribution >= 4 is 28.9 Å². The monoisotopic (exact) mass is 360 g/mol. The second-order valence-electron chi connectivity index (χ2n) is 5.97. The summed E-state index contributed by atoms with van der Waals surface area (Å²) in [6.07, 6.45) is 0.976. The number of rotatable bonds is 6. The maximum atomic E-state index is 12.9. The molecule has 0 fully saturated rings. The Bertz CT molecular complexity index is 732. The predicted molar refractivity (Wildman–Crippen MR) is 101 cm³/mol. The van der Waals surface area contributed by atoms with Crippen LogP contribution >= 0.6 is 12.2 Å². The van der Waals surface area contributed by atoms with E-state index < -0.39 is 11.7 Å². The molecule has 0 atom stereocenters. The smallest absolute Gasteiger partial charge is 0.257 e. The van der Waals surface area contributed by atoms with Crippen molar-refractivity contribution in [2.24, 2.45) is 5.92 Å². The van der Waals surface area contributed by atoms with Gasteiger partial charge in [-0.3, -0.25) is 10.1 Å². The molecule has 2 rings (SSSR count). The SMILES string of the molecule is CC(C)CCOc1cccc(NC(=S)NC(=O)c2ccc(F)cc2)c1. The number of amides is 1. The third-order valence-electron chi connectivity index (χ3n) is 3.39. The highest BCUT2D eigenvalue weighted by atomic mass is 32.1. The molecule has 2 aromatic rings. The summed E-state index contributed by atoms with van der Waals surface area (Å²) in [6.45, 7) is 4.93. The average molecular weight is 360 g/mol. The first kappa shape index (κ1) is 18.9. The molecule has 0 saturated heterocycles. The molecular formula is C19H21FN2O2S. The van der Waals surface area contributed by atoms with Gasteiger partial charge in [0.15, 0.2) is 5.11 Å². The Labute approximate surface area is 152 Å². The Morgan fingerprint density at radius 3 is 2.60 bits per heavy atom. The number of thiocarbonyl (C=S) groups is 1. The molecule has 0 saturated carbocycles. The van der Waals surface area contributed by atoms with Gasteiger partial charge in [0.05, 0.1) is 6.61 Å². The highest BCUT2D eigenvalue weighted by molar-refractivity contribution is 7.80. The van der Waals surface area contributed by atoms with Crippen molar-refractivity contribution < 1.29 is 13.9 Å². The van der Waals surface area contributed by atoms with Crippen molar-refractivity contribution in [1.82, 2.24) is 5.32 Å². The topological polar surface area (TPSA) is 50.4 Å². The predicted octanol–water partition coefficient (Wildman–Crippen LogP) is 4.38. The molecule has 2 N–H and O–H groups in total. The minimum atomic E-state index is -0.401. The number of nitrogens with one attached hydrogen (secondary N) is 2. The highest BCUT2D eigenvalue weighted by Crippen LogP contribution is 2.18. The lowest BCUT2D eigenvalue weighted by Crippen LogP contribution is -2.34. The van der Waals surface area contributed by atoms with Crippen LogP contribution in [0.4, 0.5) is 10.1 Å². The van der Waals surface area contributed by atoms with E-state index in [1.165, 1.54) is 24.3 Å². The van der Waals surface area contributed by atoms with Crippen molar-refractivity contribution in [1.29, 1.82) is 0 Å². The van der Waals surface area contributed by atoms with Gasteiger partial charge in [0.25, 0.3) is 5.91 Å². The summed E-state index contributed by atoms with van der Waals surface area (Å²) in [5, 5.41) is 5.66. The maximum Gasteiger partial charge on any atom is 0.257 e. The number of carbonyl (C=O) groups is 1. The van der Waals surface area contributed by atoms with E-state index in [2.05, 4.69) is 24.5 Å². The molecule has 6 heteroatoms. The molecule has 0 unspecified atom stereocenters. The summed E-state index contributed by atoms with van der Waals surface area (Å²) in [5.41, 5.74) is 1.04. The van der Waals surface area contributed by atoms with E-state index in [1.54, 1.807) is 0 Å². The molecule has 25 heavy (non-hydrogen) atoms. The molecular weight excluding hydrogens is 339 g/mol. The van der Waals surface area contributed by atoms with Crippen LogP contribution < -0.4 is 15.4 Å². The first-order valence-corrected chi connectivity index (χ1v) is 8.45. The molecule has 4 nitrogen and oxygen atoms in total. The summed E-state index contributed by atoms with van der Waals surface area (Å²) in [7, 11) is 0. The Balaban J connectivity index is 1.89. The van der Waals surface area contributed by atoms with Crippen LogP contribution in [0.3, 0.4) is 0 Å². The maximum absolute atomic E-state index is 12.9. The summed E-state index contributed by atoms with van der Waals surface area (Å²) >= 11 is 5.15. The lowest BCUT2D eigenvalue weighted by atomic mass is 10.1. The Morgan fingerprint density at radius 2 is 1.92 bits per heavy atom. The number of carbonyl (C=O) groups excluding carboxylic acids is 1. The Kier molecular flexibility index (Phi) is 6.89. The Morgan fingerprint density at radius 1 is 1.20 bits per heavy atom. The number of anilines is 1. The van der Waals surface area contributed by atoms with Crippen LogP contribution in [0.1, 0.15) is 30.6 Å². The van der Waals surface area contributed by atoms with Crippen molar-refractivity contribution in [3.05, 3.63) is 59.9 Å². The summed E-state index contributed by atoms with van der Waals surface area (Å²) in [4.78, 5) is 12.0. The molecule has 0 heterocycles. The first-order chi connectivity index (χ1) is 11.9. The fraction of sp³-hybridized carbons (Fsp3) is 0.263. The van der Waals surface area contributed by atoms with E-state index in [9.17, 15) is 9.18 Å². The molecule has 0 aromatic heterocycles. The standard InChI is InChI=1S/C19H21FN2O2S/c1-13(2)10-11-24-17-5-3-4-16(12-17)21-19(25)22-18(23)14-6-8-15(20)9-7-14/h3-9,12-13H,10-11H2,1-2H3,(H2,21,22,23,25). The molecule has 0 aliphatic carbocycles. The van der Waals surface area contributed by atoms with Crippen molar-refractivity contribution in [2.75, 3.05) is 11.9 Å². The zero-order chi connectivity index (χ0) is 18.2. The van der Waals surface area contributed by atoms with Crippen molar-refractivity contribution in [3.8, 4) is 5.75 Å². The molecule has 0 radical (unpaired) electrons. The fourth-order valence-electron chi connectivity index (χ4n) is 2.02. The van der Waals surface area contributed by atoms with Crippen LogP contribution in [0.2, 0.25) is 0 Å². The summed E-state index contributed by atoms with van der Waals surface area (Å²) in [6, 6.07) is 12.6. The third-order valence-corrected chi connectivity index (χ3v) is 3.59. The highest BCUT2D eigenvalue weighted by Gasteiger charge is 2.08. The van der Waals surface area contributed by atoms with Crippen LogP contribution in [-0.2, 0) is 0 Å². The number of halogens is 1. The van der Waals surface area contributed by atoms with Gasteiger partial charge in [-0.2, -0.15) is 0 Å². The van der Waals surface area contributed by atoms with Crippen LogP contribution in [0.5, 0.6) is 5.75 Å². The lowest BCUT2D eigenvalue weighted by Gasteiger charge is -2.12. The van der Waals surface area contributed by atoms with E-state index in [1.807, 2.05) is 24.3 Å². The van der Waals surface area contributed by atoms with Crippen LogP contribution in [-0.4, -0.2) is 17.6 Å². The normalized spacial score (nSPS) is 10.4. The second-order valence-corrected chi connectivity index (χ2v) is 6.38. The number of hydrogen-bond acceptors (Lipinski definition) is 3. The number of benzene rings is 2. The van der Waals surface area contributed by atoms with E-state index in [0.29, 0.717) is 23.8 Å². The Hall–Kier alpha value is -2.47. The minimum Gasteiger partial charge on any atom is -0.494 e. The van der Waals surface area contributed by atoms with Gasteiger partial charge in [-0.15, -0.1) is 0 Å². The van der Waals surface area contributed by atoms with Gasteiger partial charge >= 0.3 is 0 Å². The second kappa shape index (κ2) is 9.13. The van der Waals surface area contributed by atoms with E-state index >= 15 is 0 Å². The van der Waals surface area contributed by atoms with Gasteiger partial charge in [-0.1, -0.05) is 19.9 Å². The zero-order valence-electron chi connectivity index (χ0n) is 14.2. The van der Waals surface area contributed by atoms with Gasteiger partial charge in [0.1, 0.15) is 11.6 Å². The van der Waals surface area contributed by atoms with Crippen LogP contribution in [0, 0.1) is 11.7 Å². The van der Waals surface area contributed by atoms with Gasteiger partial charge in [0, 0.05) is 17.3 Å². The van der Waals surface area contributed by atoms with Gasteiger partial charge in [-0.05, 0) is 61.0 Å². The molecule has 0 aliphatic heterocycles. The number of ether oxygens (including phenoxy) is 1. The molecule has 0 spiro atoms. The summed E-state index contributed by atoms with van der Waals surface area (Å²) in [5.74, 6) is 0.516. The first-order valence-electron chi connectivity index (χ1n) is 8.05. The van der Waals surface area contributed by atoms with E-state index in [0.717, 1.165) is 12.2 Å². The molecule has 1 amide bonds. The van der Waals surface area contributed by atoms with Crippen LogP contribution in [0.25, 0.3) is 0 Å². The molecule has 0 aliphatic rings. The third kappa shape index (κ3) is 6.51. The zero-order valence-corrected chi connectivity index (χ0v) is 15.0. The van der Waals surface area contributed by atoms with Gasteiger partial charge in [0.2, 0.25) is 0 Å². The quantitative estimate of drug-likeness (QED) is 0.751. The van der Waals surface area contributed by atoms with Crippen LogP contribution in [0.15, 0.2) is 48.5 Å². The largest absolute Gasteiger partial charge is 0.494 e.